The lowest BCUT2D eigenvalue weighted by Gasteiger charge is -2.04. The summed E-state index contributed by atoms with van der Waals surface area (Å²) < 4.78 is 0. The Morgan fingerprint density at radius 1 is 1.65 bits per heavy atom. The number of hydrogen-bond acceptors (Lipinski definition) is 3. The second kappa shape index (κ2) is 4.73. The van der Waals surface area contributed by atoms with Crippen LogP contribution in [0, 0.1) is 0 Å². The summed E-state index contributed by atoms with van der Waals surface area (Å²) in [5.41, 5.74) is 6.26. The first-order valence-electron chi connectivity index (χ1n) is 5.26. The molecule has 5 nitrogen and oxygen atoms in total. The number of amides is 1. The average molecular weight is 253 g/mol. The van der Waals surface area contributed by atoms with Crippen molar-refractivity contribution in [1.29, 1.82) is 0 Å². The van der Waals surface area contributed by atoms with Gasteiger partial charge in [0, 0.05) is 17.8 Å². The summed E-state index contributed by atoms with van der Waals surface area (Å²) in [4.78, 5) is 11.6. The van der Waals surface area contributed by atoms with Gasteiger partial charge in [0.15, 0.2) is 5.82 Å². The molecule has 1 unspecified atom stereocenters. The highest BCUT2D eigenvalue weighted by Gasteiger charge is 2.11. The van der Waals surface area contributed by atoms with E-state index in [9.17, 15) is 4.79 Å². The summed E-state index contributed by atoms with van der Waals surface area (Å²) in [6, 6.07) is 5.23. The largest absolute Gasteiger partial charge is 0.327 e. The van der Waals surface area contributed by atoms with Crippen LogP contribution in [-0.2, 0) is 4.79 Å². The van der Waals surface area contributed by atoms with E-state index in [4.69, 9.17) is 17.3 Å². The number of halogens is 1. The number of fused-ring (bicyclic) bond motifs is 1. The van der Waals surface area contributed by atoms with Crippen LogP contribution in [0.2, 0.25) is 5.02 Å². The third-order valence-electron chi connectivity index (χ3n) is 2.31. The van der Waals surface area contributed by atoms with E-state index in [2.05, 4.69) is 15.5 Å². The number of aromatic nitrogens is 2. The van der Waals surface area contributed by atoms with Crippen LogP contribution < -0.4 is 11.1 Å². The van der Waals surface area contributed by atoms with Crippen LogP contribution in [-0.4, -0.2) is 22.1 Å². The Bertz CT molecular complexity index is 549. The smallest absolute Gasteiger partial charge is 0.227 e. The fraction of sp³-hybridized carbons (Fsp3) is 0.273. The van der Waals surface area contributed by atoms with E-state index in [1.54, 1.807) is 19.1 Å². The van der Waals surface area contributed by atoms with Gasteiger partial charge in [0.05, 0.1) is 10.5 Å². The third-order valence-corrected chi connectivity index (χ3v) is 2.63. The Balaban J connectivity index is 2.25. The van der Waals surface area contributed by atoms with Crippen molar-refractivity contribution >= 4 is 34.2 Å². The summed E-state index contributed by atoms with van der Waals surface area (Å²) in [7, 11) is 0. The normalized spacial score (nSPS) is 12.6. The van der Waals surface area contributed by atoms with Crippen LogP contribution in [0.3, 0.4) is 0 Å². The van der Waals surface area contributed by atoms with Crippen molar-refractivity contribution in [1.82, 2.24) is 10.2 Å². The molecule has 2 aromatic rings. The van der Waals surface area contributed by atoms with Gasteiger partial charge in [-0.3, -0.25) is 9.89 Å². The maximum atomic E-state index is 11.6. The van der Waals surface area contributed by atoms with Crippen molar-refractivity contribution in [3.8, 4) is 0 Å². The molecular weight excluding hydrogens is 240 g/mol. The molecule has 17 heavy (non-hydrogen) atoms. The van der Waals surface area contributed by atoms with Crippen molar-refractivity contribution in [2.45, 2.75) is 19.4 Å². The zero-order valence-electron chi connectivity index (χ0n) is 9.33. The zero-order valence-corrected chi connectivity index (χ0v) is 10.1. The number of carbonyl (C=O) groups is 1. The number of nitrogens with two attached hydrogens (primary N) is 1. The Labute approximate surface area is 103 Å². The fourth-order valence-electron chi connectivity index (χ4n) is 1.58. The highest BCUT2D eigenvalue weighted by molar-refractivity contribution is 6.35. The lowest BCUT2D eigenvalue weighted by atomic mass is 10.2. The Kier molecular flexibility index (Phi) is 3.31. The van der Waals surface area contributed by atoms with Gasteiger partial charge in [-0.15, -0.1) is 0 Å². The third kappa shape index (κ3) is 2.57. The molecule has 1 aromatic heterocycles. The molecule has 0 saturated heterocycles. The van der Waals surface area contributed by atoms with Gasteiger partial charge in [-0.25, -0.2) is 0 Å². The second-order valence-electron chi connectivity index (χ2n) is 3.96. The minimum atomic E-state index is -0.177. The Morgan fingerprint density at radius 2 is 2.41 bits per heavy atom. The summed E-state index contributed by atoms with van der Waals surface area (Å²) in [5.74, 6) is 0.321. The number of nitrogens with one attached hydrogen (secondary N) is 2. The topological polar surface area (TPSA) is 83.8 Å². The molecule has 6 heteroatoms. The van der Waals surface area contributed by atoms with Crippen LogP contribution in [0.4, 0.5) is 5.82 Å². The minimum Gasteiger partial charge on any atom is -0.327 e. The number of carbonyl (C=O) groups excluding carboxylic acids is 1. The number of hydrogen-bond donors (Lipinski definition) is 3. The molecule has 1 heterocycles. The first kappa shape index (κ1) is 11.9. The van der Waals surface area contributed by atoms with Crippen molar-refractivity contribution in [3.05, 3.63) is 23.2 Å². The summed E-state index contributed by atoms with van der Waals surface area (Å²) in [6.07, 6.45) is 0.259. The zero-order chi connectivity index (χ0) is 12.4. The number of anilines is 1. The number of benzene rings is 1. The van der Waals surface area contributed by atoms with Crippen LogP contribution in [0.5, 0.6) is 0 Å². The molecule has 0 fully saturated rings. The molecule has 0 aliphatic carbocycles. The van der Waals surface area contributed by atoms with E-state index < -0.39 is 0 Å². The molecular formula is C11H13ClN4O. The maximum absolute atomic E-state index is 11.6. The van der Waals surface area contributed by atoms with Crippen molar-refractivity contribution in [2.75, 3.05) is 5.32 Å². The van der Waals surface area contributed by atoms with Crippen molar-refractivity contribution in [2.24, 2.45) is 5.73 Å². The van der Waals surface area contributed by atoms with Gasteiger partial charge in [0.2, 0.25) is 5.91 Å². The first-order chi connectivity index (χ1) is 8.08. The van der Waals surface area contributed by atoms with Crippen LogP contribution in [0.25, 0.3) is 10.9 Å². The summed E-state index contributed by atoms with van der Waals surface area (Å²) >= 11 is 5.99. The lowest BCUT2D eigenvalue weighted by Crippen LogP contribution is -2.24. The average Bonchev–Trinajstić information content (AvgIpc) is 2.62. The van der Waals surface area contributed by atoms with E-state index in [1.807, 2.05) is 6.07 Å². The van der Waals surface area contributed by atoms with Crippen LogP contribution >= 0.6 is 11.6 Å². The summed E-state index contributed by atoms with van der Waals surface area (Å²) in [5, 5.41) is 10.9. The highest BCUT2D eigenvalue weighted by atomic mass is 35.5. The van der Waals surface area contributed by atoms with E-state index in [1.165, 1.54) is 0 Å². The van der Waals surface area contributed by atoms with Gasteiger partial charge in [0.25, 0.3) is 0 Å². The molecule has 0 spiro atoms. The lowest BCUT2D eigenvalue weighted by molar-refractivity contribution is -0.116. The number of H-pyrrole nitrogens is 1. The molecule has 0 saturated carbocycles. The standard InChI is InChI=1S/C11H13ClN4O/c1-6(13)5-9(17)14-11-7-3-2-4-8(12)10(7)15-16-11/h2-4,6H,5,13H2,1H3,(H2,14,15,16,17). The number of aromatic amines is 1. The van der Waals surface area contributed by atoms with E-state index in [-0.39, 0.29) is 18.4 Å². The molecule has 0 radical (unpaired) electrons. The monoisotopic (exact) mass is 252 g/mol. The van der Waals surface area contributed by atoms with Gasteiger partial charge in [-0.05, 0) is 19.1 Å². The molecule has 0 bridgehead atoms. The predicted molar refractivity (Wildman–Crippen MR) is 68.0 cm³/mol. The molecule has 4 N–H and O–H groups in total. The molecule has 0 aliphatic heterocycles. The van der Waals surface area contributed by atoms with Crippen LogP contribution in [0.1, 0.15) is 13.3 Å². The maximum Gasteiger partial charge on any atom is 0.227 e. The molecule has 0 aliphatic rings. The second-order valence-corrected chi connectivity index (χ2v) is 4.37. The molecule has 1 amide bonds. The number of para-hydroxylation sites is 1. The predicted octanol–water partition coefficient (Wildman–Crippen LogP) is 1.89. The van der Waals surface area contributed by atoms with Gasteiger partial charge in [0.1, 0.15) is 0 Å². The Morgan fingerprint density at radius 3 is 3.12 bits per heavy atom. The van der Waals surface area contributed by atoms with Crippen LogP contribution in [0.15, 0.2) is 18.2 Å². The summed E-state index contributed by atoms with van der Waals surface area (Å²) in [6.45, 7) is 1.78. The van der Waals surface area contributed by atoms with Gasteiger partial charge < -0.3 is 11.1 Å². The molecule has 1 aromatic carbocycles. The highest BCUT2D eigenvalue weighted by Crippen LogP contribution is 2.26. The quantitative estimate of drug-likeness (QED) is 0.780. The molecule has 2 rings (SSSR count). The van der Waals surface area contributed by atoms with E-state index >= 15 is 0 Å². The number of rotatable bonds is 3. The first-order valence-corrected chi connectivity index (χ1v) is 5.63. The fourth-order valence-corrected chi connectivity index (χ4v) is 1.79. The minimum absolute atomic E-state index is 0.159. The Hall–Kier alpha value is -1.59. The van der Waals surface area contributed by atoms with Gasteiger partial charge in [-0.2, -0.15) is 5.10 Å². The van der Waals surface area contributed by atoms with Crippen molar-refractivity contribution in [3.63, 3.8) is 0 Å². The number of nitrogens with zero attached hydrogens (tertiary/aromatic N) is 1. The van der Waals surface area contributed by atoms with Gasteiger partial charge in [-0.1, -0.05) is 17.7 Å². The van der Waals surface area contributed by atoms with E-state index in [0.717, 1.165) is 5.39 Å². The van der Waals surface area contributed by atoms with E-state index in [0.29, 0.717) is 16.4 Å². The van der Waals surface area contributed by atoms with Gasteiger partial charge >= 0.3 is 0 Å². The van der Waals surface area contributed by atoms with Crippen molar-refractivity contribution < 1.29 is 4.79 Å². The molecule has 90 valence electrons. The SMILES string of the molecule is CC(N)CC(=O)Nc1n[nH]c2c(Cl)cccc12. The molecule has 1 atom stereocenters.